The van der Waals surface area contributed by atoms with E-state index in [1.807, 2.05) is 55.4 Å². The molecule has 0 spiro atoms. The number of imidazole rings is 1. The van der Waals surface area contributed by atoms with E-state index in [2.05, 4.69) is 25.1 Å². The molecule has 0 amide bonds. The van der Waals surface area contributed by atoms with Crippen molar-refractivity contribution in [3.8, 4) is 45.4 Å². The maximum absolute atomic E-state index is 14.7. The average Bonchev–Trinajstić information content (AvgIpc) is 3.65. The molecular weight excluding hydrogens is 557 g/mol. The van der Waals surface area contributed by atoms with Crippen LogP contribution in [0.4, 0.5) is 4.39 Å². The smallest absolute Gasteiger partial charge is 0.159 e. The second kappa shape index (κ2) is 12.0. The zero-order valence-corrected chi connectivity index (χ0v) is 24.8. The Morgan fingerprint density at radius 3 is 2.66 bits per heavy atom. The van der Waals surface area contributed by atoms with Crippen molar-refractivity contribution in [2.45, 2.75) is 38.2 Å². The summed E-state index contributed by atoms with van der Waals surface area (Å²) < 4.78 is 26.8. The van der Waals surface area contributed by atoms with E-state index in [-0.39, 0.29) is 11.9 Å². The lowest BCUT2D eigenvalue weighted by Gasteiger charge is -2.22. The fraction of sp³-hybridized carbons (Fsp3) is 0.294. The summed E-state index contributed by atoms with van der Waals surface area (Å²) in [6.45, 7) is 1.19. The summed E-state index contributed by atoms with van der Waals surface area (Å²) in [5, 5.41) is 8.54. The zero-order chi connectivity index (χ0) is 30.0. The molecule has 1 aliphatic carbocycles. The van der Waals surface area contributed by atoms with Gasteiger partial charge < -0.3 is 19.4 Å². The van der Waals surface area contributed by atoms with Gasteiger partial charge in [0.1, 0.15) is 29.6 Å². The van der Waals surface area contributed by atoms with E-state index in [4.69, 9.17) is 14.5 Å². The highest BCUT2D eigenvalue weighted by molar-refractivity contribution is 5.97. The molecule has 2 N–H and O–H groups in total. The van der Waals surface area contributed by atoms with Gasteiger partial charge in [-0.25, -0.2) is 9.37 Å². The van der Waals surface area contributed by atoms with Gasteiger partial charge >= 0.3 is 0 Å². The van der Waals surface area contributed by atoms with Crippen molar-refractivity contribution in [2.24, 2.45) is 0 Å². The lowest BCUT2D eigenvalue weighted by molar-refractivity contribution is 0.154. The van der Waals surface area contributed by atoms with Crippen molar-refractivity contribution in [3.63, 3.8) is 0 Å². The molecule has 0 saturated heterocycles. The van der Waals surface area contributed by atoms with Crippen molar-refractivity contribution in [1.82, 2.24) is 35.0 Å². The number of hydrogen-bond donors (Lipinski definition) is 2. The molecule has 6 aromatic rings. The Bertz CT molecular complexity index is 1930. The van der Waals surface area contributed by atoms with Crippen LogP contribution in [0.25, 0.3) is 55.8 Å². The predicted molar refractivity (Wildman–Crippen MR) is 169 cm³/mol. The third-order valence-corrected chi connectivity index (χ3v) is 8.04. The number of aromatic amines is 2. The SMILES string of the molecule is CN(C)CCOc1cc(F)cc(-c2cccc3[nH]c(-c4n[nH]c5cnc(-c6cncc(OC7CCCCC7)c6)cc45)nc23)c1. The van der Waals surface area contributed by atoms with Crippen molar-refractivity contribution >= 4 is 21.9 Å². The number of likely N-dealkylation sites (N-methyl/N-ethyl adjacent to an activating group) is 1. The van der Waals surface area contributed by atoms with Crippen molar-refractivity contribution in [1.29, 1.82) is 0 Å². The first-order valence-electron chi connectivity index (χ1n) is 15.0. The molecule has 7 rings (SSSR count). The van der Waals surface area contributed by atoms with Crippen LogP contribution in [0.5, 0.6) is 11.5 Å². The fourth-order valence-corrected chi connectivity index (χ4v) is 5.78. The van der Waals surface area contributed by atoms with Gasteiger partial charge in [0.25, 0.3) is 0 Å². The first kappa shape index (κ1) is 28.0. The molecule has 4 aromatic heterocycles. The molecule has 9 nitrogen and oxygen atoms in total. The van der Waals surface area contributed by atoms with Crippen LogP contribution in [0, 0.1) is 5.82 Å². The molecule has 1 fully saturated rings. The number of halogens is 1. The Hall–Kier alpha value is -4.83. The van der Waals surface area contributed by atoms with Crippen LogP contribution in [0.2, 0.25) is 0 Å². The summed E-state index contributed by atoms with van der Waals surface area (Å²) in [6, 6.07) is 14.6. The summed E-state index contributed by atoms with van der Waals surface area (Å²) in [4.78, 5) is 19.5. The number of hydrogen-bond acceptors (Lipinski definition) is 7. The number of H-pyrrole nitrogens is 2. The predicted octanol–water partition coefficient (Wildman–Crippen LogP) is 7.02. The van der Waals surface area contributed by atoms with Gasteiger partial charge in [-0.15, -0.1) is 0 Å². The van der Waals surface area contributed by atoms with Gasteiger partial charge in [0.15, 0.2) is 5.82 Å². The van der Waals surface area contributed by atoms with Crippen LogP contribution in [0.15, 0.2) is 67.1 Å². The number of nitrogens with one attached hydrogen (secondary N) is 2. The van der Waals surface area contributed by atoms with E-state index in [0.29, 0.717) is 29.4 Å². The Morgan fingerprint density at radius 1 is 0.932 bits per heavy atom. The van der Waals surface area contributed by atoms with Crippen molar-refractivity contribution in [3.05, 3.63) is 72.9 Å². The Morgan fingerprint density at radius 2 is 1.80 bits per heavy atom. The van der Waals surface area contributed by atoms with E-state index in [9.17, 15) is 4.39 Å². The maximum Gasteiger partial charge on any atom is 0.159 e. The van der Waals surface area contributed by atoms with Gasteiger partial charge in [-0.05, 0) is 75.7 Å². The summed E-state index contributed by atoms with van der Waals surface area (Å²) in [5.41, 5.74) is 6.11. The monoisotopic (exact) mass is 591 g/mol. The summed E-state index contributed by atoms with van der Waals surface area (Å²) in [7, 11) is 3.94. The minimum absolute atomic E-state index is 0.240. The molecule has 1 aliphatic rings. The molecule has 10 heteroatoms. The number of aromatic nitrogens is 6. The van der Waals surface area contributed by atoms with Gasteiger partial charge in [-0.3, -0.25) is 15.1 Å². The van der Waals surface area contributed by atoms with Gasteiger partial charge in [-0.1, -0.05) is 18.6 Å². The van der Waals surface area contributed by atoms with Crippen LogP contribution in [0.1, 0.15) is 32.1 Å². The first-order chi connectivity index (χ1) is 21.5. The highest BCUT2D eigenvalue weighted by Crippen LogP contribution is 2.34. The Labute approximate surface area is 254 Å². The summed E-state index contributed by atoms with van der Waals surface area (Å²) in [6.07, 6.45) is 11.4. The third-order valence-electron chi connectivity index (χ3n) is 8.04. The van der Waals surface area contributed by atoms with E-state index in [1.165, 1.54) is 31.4 Å². The van der Waals surface area contributed by atoms with Gasteiger partial charge in [-0.2, -0.15) is 5.10 Å². The third kappa shape index (κ3) is 5.85. The molecule has 0 atom stereocenters. The van der Waals surface area contributed by atoms with Gasteiger partial charge in [0, 0.05) is 35.3 Å². The molecule has 0 radical (unpaired) electrons. The van der Waals surface area contributed by atoms with Gasteiger partial charge in [0.2, 0.25) is 0 Å². The average molecular weight is 592 g/mol. The summed E-state index contributed by atoms with van der Waals surface area (Å²) >= 11 is 0. The Kier molecular flexibility index (Phi) is 7.66. The normalized spacial score (nSPS) is 14.1. The lowest BCUT2D eigenvalue weighted by atomic mass is 9.98. The molecule has 0 aliphatic heterocycles. The molecule has 224 valence electrons. The maximum atomic E-state index is 14.7. The largest absolute Gasteiger partial charge is 0.492 e. The van der Waals surface area contributed by atoms with Crippen LogP contribution in [0.3, 0.4) is 0 Å². The second-order valence-corrected chi connectivity index (χ2v) is 11.6. The molecule has 2 aromatic carbocycles. The molecule has 1 saturated carbocycles. The highest BCUT2D eigenvalue weighted by Gasteiger charge is 2.18. The van der Waals surface area contributed by atoms with E-state index in [1.54, 1.807) is 18.6 Å². The number of pyridine rings is 2. The number of para-hydroxylation sites is 1. The minimum atomic E-state index is -0.365. The standard InChI is InChI=1S/C34H34FN7O2/c1-42(2)11-12-43-25-14-21(13-23(35)16-25)27-9-6-10-29-32(27)39-34(38-29)33-28-17-30(37-20-31(28)40-41-33)22-15-26(19-36-18-22)44-24-7-4-3-5-8-24/h6,9-10,13-20,24H,3-5,7-8,11-12H2,1-2H3,(H,38,39)(H,40,41). The number of rotatable bonds is 9. The molecule has 4 heterocycles. The number of benzene rings is 2. The van der Waals surface area contributed by atoms with Crippen molar-refractivity contribution < 1.29 is 13.9 Å². The van der Waals surface area contributed by atoms with Crippen molar-refractivity contribution in [2.75, 3.05) is 27.2 Å². The minimum Gasteiger partial charge on any atom is -0.492 e. The van der Waals surface area contributed by atoms with Crippen LogP contribution in [-0.2, 0) is 0 Å². The van der Waals surface area contributed by atoms with E-state index in [0.717, 1.165) is 63.9 Å². The second-order valence-electron chi connectivity index (χ2n) is 11.6. The highest BCUT2D eigenvalue weighted by atomic mass is 19.1. The molecule has 0 unspecified atom stereocenters. The van der Waals surface area contributed by atoms with E-state index < -0.39 is 0 Å². The van der Waals surface area contributed by atoms with Crippen LogP contribution in [-0.4, -0.2) is 68.4 Å². The van der Waals surface area contributed by atoms with Crippen LogP contribution >= 0.6 is 0 Å². The summed E-state index contributed by atoms with van der Waals surface area (Å²) in [5.74, 6) is 1.48. The molecular formula is C34H34FN7O2. The molecule has 0 bridgehead atoms. The van der Waals surface area contributed by atoms with Crippen LogP contribution < -0.4 is 9.47 Å². The van der Waals surface area contributed by atoms with Gasteiger partial charge in [0.05, 0.1) is 40.7 Å². The lowest BCUT2D eigenvalue weighted by Crippen LogP contribution is -2.19. The number of ether oxygens (including phenoxy) is 2. The quantitative estimate of drug-likeness (QED) is 0.186. The number of nitrogens with zero attached hydrogens (tertiary/aromatic N) is 5. The number of fused-ring (bicyclic) bond motifs is 2. The first-order valence-corrected chi connectivity index (χ1v) is 15.0. The zero-order valence-electron chi connectivity index (χ0n) is 24.8. The fourth-order valence-electron chi connectivity index (χ4n) is 5.78. The molecule has 44 heavy (non-hydrogen) atoms. The Balaban J connectivity index is 1.21. The topological polar surface area (TPSA) is 105 Å². The van der Waals surface area contributed by atoms with E-state index >= 15 is 0 Å².